The molecule has 0 radical (unpaired) electrons. The summed E-state index contributed by atoms with van der Waals surface area (Å²) in [6.45, 7) is 4.63. The summed E-state index contributed by atoms with van der Waals surface area (Å²) in [6, 6.07) is -0.619. The fourth-order valence-electron chi connectivity index (χ4n) is 6.24. The van der Waals surface area contributed by atoms with E-state index in [0.29, 0.717) is 19.3 Å². The topological polar surface area (TPSA) is 99.1 Å². The lowest BCUT2D eigenvalue weighted by molar-refractivity contribution is -0.887. The van der Waals surface area contributed by atoms with E-state index in [9.17, 15) is 19.5 Å². The van der Waals surface area contributed by atoms with Crippen LogP contribution in [0, 0.1) is 0 Å². The molecule has 0 saturated heterocycles. The number of esters is 2. The number of carbonyl (C=O) groups is 3. The molecule has 318 valence electrons. The highest BCUT2D eigenvalue weighted by molar-refractivity contribution is 5.72. The Morgan fingerprint density at radius 3 is 1.44 bits per heavy atom. The standard InChI is InChI=1S/C47H83NO7/c1-6-8-10-12-14-16-18-19-20-21-22-23-24-25-26-28-30-32-34-36-38-46(50)55-43(41-53-40-39-44(47(51)52)48(3,4)5)42-54-45(49)37-35-33-31-29-27-17-15-13-11-9-7-2/h13,15-20,27,43-44H,6-12,14,21-26,28-42H2,1-5H3/p+1/b15-13+,18-16+,20-19+,27-17+. The van der Waals surface area contributed by atoms with Gasteiger partial charge in [0.15, 0.2) is 12.1 Å². The number of rotatable bonds is 39. The molecular formula is C47H84NO7+. The molecule has 0 rings (SSSR count). The first kappa shape index (κ1) is 52.3. The van der Waals surface area contributed by atoms with Crippen LogP contribution in [0.2, 0.25) is 0 Å². The van der Waals surface area contributed by atoms with Crippen molar-refractivity contribution in [2.24, 2.45) is 0 Å². The van der Waals surface area contributed by atoms with Crippen LogP contribution in [0.15, 0.2) is 48.6 Å². The smallest absolute Gasteiger partial charge is 0.362 e. The van der Waals surface area contributed by atoms with Gasteiger partial charge in [0, 0.05) is 19.3 Å². The predicted octanol–water partition coefficient (Wildman–Crippen LogP) is 12.0. The molecule has 0 spiro atoms. The SMILES string of the molecule is CCCC/C=C/C=C/CCCCCC(=O)OCC(COCCC(C(=O)O)[N+](C)(C)C)OC(=O)CCCCCCCCCCCC/C=C/C=C/CCCCCC. The predicted molar refractivity (Wildman–Crippen MR) is 229 cm³/mol. The van der Waals surface area contributed by atoms with Gasteiger partial charge in [0.2, 0.25) is 0 Å². The molecule has 55 heavy (non-hydrogen) atoms. The molecule has 2 atom stereocenters. The maximum atomic E-state index is 12.7. The van der Waals surface area contributed by atoms with Crippen molar-refractivity contribution >= 4 is 17.9 Å². The highest BCUT2D eigenvalue weighted by Gasteiger charge is 2.31. The third-order valence-corrected chi connectivity index (χ3v) is 9.76. The third-order valence-electron chi connectivity index (χ3n) is 9.76. The number of carboxylic acids is 1. The number of carbonyl (C=O) groups excluding carboxylic acids is 2. The maximum Gasteiger partial charge on any atom is 0.362 e. The zero-order valence-corrected chi connectivity index (χ0v) is 36.1. The Bertz CT molecular complexity index is 1040. The van der Waals surface area contributed by atoms with Gasteiger partial charge in [-0.25, -0.2) is 4.79 Å². The lowest BCUT2D eigenvalue weighted by Gasteiger charge is -2.31. The van der Waals surface area contributed by atoms with E-state index in [1.54, 1.807) is 0 Å². The van der Waals surface area contributed by atoms with Crippen molar-refractivity contribution in [1.29, 1.82) is 0 Å². The Hall–Kier alpha value is -2.71. The van der Waals surface area contributed by atoms with Crippen molar-refractivity contribution in [3.05, 3.63) is 48.6 Å². The van der Waals surface area contributed by atoms with Crippen LogP contribution < -0.4 is 0 Å². The second-order valence-electron chi connectivity index (χ2n) is 16.0. The first-order valence-electron chi connectivity index (χ1n) is 22.2. The van der Waals surface area contributed by atoms with E-state index in [1.165, 1.54) is 96.3 Å². The van der Waals surface area contributed by atoms with Gasteiger partial charge in [0.25, 0.3) is 0 Å². The molecule has 0 heterocycles. The summed E-state index contributed by atoms with van der Waals surface area (Å²) in [4.78, 5) is 36.9. The summed E-state index contributed by atoms with van der Waals surface area (Å²) in [5.74, 6) is -1.51. The number of hydrogen-bond donors (Lipinski definition) is 1. The number of unbranched alkanes of at least 4 members (excludes halogenated alkanes) is 19. The fraction of sp³-hybridized carbons (Fsp3) is 0.766. The number of carboxylic acid groups (broad SMARTS) is 1. The molecule has 0 fully saturated rings. The minimum absolute atomic E-state index is 0.0506. The van der Waals surface area contributed by atoms with E-state index in [0.717, 1.165) is 51.4 Å². The van der Waals surface area contributed by atoms with E-state index in [4.69, 9.17) is 14.2 Å². The van der Waals surface area contributed by atoms with Gasteiger partial charge in [-0.05, 0) is 57.8 Å². The number of ether oxygens (including phenoxy) is 3. The van der Waals surface area contributed by atoms with Crippen molar-refractivity contribution in [2.45, 2.75) is 193 Å². The third kappa shape index (κ3) is 36.7. The second-order valence-corrected chi connectivity index (χ2v) is 16.0. The largest absolute Gasteiger partial charge is 0.477 e. The van der Waals surface area contributed by atoms with Gasteiger partial charge in [-0.2, -0.15) is 0 Å². The molecular weight excluding hydrogens is 691 g/mol. The van der Waals surface area contributed by atoms with Gasteiger partial charge >= 0.3 is 17.9 Å². The highest BCUT2D eigenvalue weighted by Crippen LogP contribution is 2.14. The van der Waals surface area contributed by atoms with Crippen LogP contribution in [0.5, 0.6) is 0 Å². The molecule has 8 nitrogen and oxygen atoms in total. The van der Waals surface area contributed by atoms with Crippen LogP contribution in [-0.2, 0) is 28.6 Å². The van der Waals surface area contributed by atoms with E-state index < -0.39 is 18.1 Å². The molecule has 0 saturated carbocycles. The van der Waals surface area contributed by atoms with Gasteiger partial charge in [-0.3, -0.25) is 9.59 Å². The molecule has 8 heteroatoms. The molecule has 0 aliphatic carbocycles. The average Bonchev–Trinajstić information content (AvgIpc) is 3.14. The Labute approximate surface area is 337 Å². The van der Waals surface area contributed by atoms with Crippen molar-refractivity contribution in [3.63, 3.8) is 0 Å². The van der Waals surface area contributed by atoms with Gasteiger partial charge in [0.05, 0.1) is 34.4 Å². The highest BCUT2D eigenvalue weighted by atomic mass is 16.6. The zero-order chi connectivity index (χ0) is 40.7. The molecule has 0 bridgehead atoms. The number of quaternary nitrogens is 1. The lowest BCUT2D eigenvalue weighted by atomic mass is 10.1. The summed E-state index contributed by atoms with van der Waals surface area (Å²) in [7, 11) is 5.51. The van der Waals surface area contributed by atoms with Crippen molar-refractivity contribution in [3.8, 4) is 0 Å². The maximum absolute atomic E-state index is 12.7. The van der Waals surface area contributed by atoms with E-state index in [1.807, 2.05) is 21.1 Å². The molecule has 0 aromatic carbocycles. The quantitative estimate of drug-likeness (QED) is 0.0287. The lowest BCUT2D eigenvalue weighted by Crippen LogP contribution is -2.50. The molecule has 0 aromatic heterocycles. The number of likely N-dealkylation sites (N-methyl/N-ethyl adjacent to an activating group) is 1. The first-order valence-corrected chi connectivity index (χ1v) is 22.2. The molecule has 1 N–H and O–H groups in total. The van der Waals surface area contributed by atoms with Crippen molar-refractivity contribution < 1.29 is 38.2 Å². The van der Waals surface area contributed by atoms with Crippen LogP contribution in [0.4, 0.5) is 0 Å². The van der Waals surface area contributed by atoms with Crippen LogP contribution in [0.1, 0.15) is 181 Å². The molecule has 0 aliphatic heterocycles. The number of hydrogen-bond acceptors (Lipinski definition) is 6. The summed E-state index contributed by atoms with van der Waals surface area (Å²) in [5, 5.41) is 9.61. The van der Waals surface area contributed by atoms with E-state index in [2.05, 4.69) is 62.5 Å². The first-order chi connectivity index (χ1) is 26.6. The Morgan fingerprint density at radius 1 is 0.545 bits per heavy atom. The minimum atomic E-state index is -0.880. The minimum Gasteiger partial charge on any atom is -0.477 e. The van der Waals surface area contributed by atoms with Crippen LogP contribution in [0.25, 0.3) is 0 Å². The summed E-state index contributed by atoms with van der Waals surface area (Å²) in [5.41, 5.74) is 0. The number of allylic oxidation sites excluding steroid dienone is 8. The molecule has 0 aliphatic rings. The van der Waals surface area contributed by atoms with Gasteiger partial charge < -0.3 is 23.8 Å². The zero-order valence-electron chi connectivity index (χ0n) is 36.1. The average molecular weight is 775 g/mol. The van der Waals surface area contributed by atoms with E-state index >= 15 is 0 Å². The van der Waals surface area contributed by atoms with Gasteiger partial charge in [-0.15, -0.1) is 0 Å². The number of aliphatic carboxylic acids is 1. The van der Waals surface area contributed by atoms with Crippen LogP contribution in [0.3, 0.4) is 0 Å². The van der Waals surface area contributed by atoms with Gasteiger partial charge in [-0.1, -0.05) is 152 Å². The van der Waals surface area contributed by atoms with E-state index in [-0.39, 0.29) is 36.2 Å². The molecule has 2 unspecified atom stereocenters. The Morgan fingerprint density at radius 2 is 0.964 bits per heavy atom. The Kier molecular flexibility index (Phi) is 36.3. The normalized spacial score (nSPS) is 13.4. The van der Waals surface area contributed by atoms with Crippen LogP contribution in [-0.4, -0.2) is 80.6 Å². The van der Waals surface area contributed by atoms with Crippen molar-refractivity contribution in [1.82, 2.24) is 0 Å². The summed E-state index contributed by atoms with van der Waals surface area (Å²) >= 11 is 0. The van der Waals surface area contributed by atoms with Gasteiger partial charge in [0.1, 0.15) is 6.61 Å². The van der Waals surface area contributed by atoms with Crippen LogP contribution >= 0.6 is 0 Å². The Balaban J connectivity index is 4.32. The number of nitrogens with zero attached hydrogens (tertiary/aromatic N) is 1. The molecule has 0 amide bonds. The second kappa shape index (κ2) is 38.2. The van der Waals surface area contributed by atoms with Crippen molar-refractivity contribution in [2.75, 3.05) is 41.0 Å². The summed E-state index contributed by atoms with van der Waals surface area (Å²) < 4.78 is 17.2. The molecule has 0 aromatic rings. The summed E-state index contributed by atoms with van der Waals surface area (Å²) in [6.07, 6.45) is 44.4. The fourth-order valence-corrected chi connectivity index (χ4v) is 6.24. The monoisotopic (exact) mass is 775 g/mol.